The SMILES string of the molecule is CCOC(=O)C1CCCc2sc(Cc3ccccc3)nc21. The van der Waals surface area contributed by atoms with E-state index in [4.69, 9.17) is 9.72 Å². The predicted molar refractivity (Wildman–Crippen MR) is 83.7 cm³/mol. The molecule has 21 heavy (non-hydrogen) atoms. The molecule has 0 radical (unpaired) electrons. The fourth-order valence-corrected chi connectivity index (χ4v) is 3.99. The molecule has 1 aliphatic carbocycles. The van der Waals surface area contributed by atoms with Crippen LogP contribution in [0.3, 0.4) is 0 Å². The number of ether oxygens (including phenoxy) is 1. The molecule has 1 aliphatic rings. The molecule has 1 aromatic heterocycles. The molecule has 2 aromatic rings. The van der Waals surface area contributed by atoms with Crippen molar-refractivity contribution in [1.82, 2.24) is 4.98 Å². The maximum Gasteiger partial charge on any atom is 0.315 e. The first-order valence-electron chi connectivity index (χ1n) is 7.47. The number of rotatable bonds is 4. The van der Waals surface area contributed by atoms with Crippen molar-refractivity contribution in [3.8, 4) is 0 Å². The fourth-order valence-electron chi connectivity index (χ4n) is 2.79. The maximum atomic E-state index is 12.1. The summed E-state index contributed by atoms with van der Waals surface area (Å²) in [5, 5.41) is 1.10. The molecule has 1 heterocycles. The van der Waals surface area contributed by atoms with Crippen LogP contribution in [0.15, 0.2) is 30.3 Å². The van der Waals surface area contributed by atoms with Gasteiger partial charge in [0.1, 0.15) is 5.92 Å². The van der Waals surface area contributed by atoms with Gasteiger partial charge in [-0.3, -0.25) is 4.79 Å². The van der Waals surface area contributed by atoms with Gasteiger partial charge in [0.25, 0.3) is 0 Å². The summed E-state index contributed by atoms with van der Waals surface area (Å²) in [6.45, 7) is 2.29. The first-order valence-corrected chi connectivity index (χ1v) is 8.28. The molecule has 4 heteroatoms. The van der Waals surface area contributed by atoms with Gasteiger partial charge in [0.15, 0.2) is 0 Å². The van der Waals surface area contributed by atoms with Gasteiger partial charge in [-0.05, 0) is 31.7 Å². The number of aromatic nitrogens is 1. The Morgan fingerprint density at radius 1 is 1.38 bits per heavy atom. The Morgan fingerprint density at radius 3 is 2.95 bits per heavy atom. The molecule has 1 atom stereocenters. The molecule has 110 valence electrons. The zero-order chi connectivity index (χ0) is 14.7. The lowest BCUT2D eigenvalue weighted by Gasteiger charge is -2.19. The molecule has 0 N–H and O–H groups in total. The van der Waals surface area contributed by atoms with E-state index in [0.717, 1.165) is 36.4 Å². The second-order valence-corrected chi connectivity index (χ2v) is 6.44. The lowest BCUT2D eigenvalue weighted by Crippen LogP contribution is -2.20. The van der Waals surface area contributed by atoms with E-state index in [9.17, 15) is 4.79 Å². The molecule has 3 nitrogen and oxygen atoms in total. The van der Waals surface area contributed by atoms with Gasteiger partial charge in [0.2, 0.25) is 0 Å². The Kier molecular flexibility index (Phi) is 4.34. The number of benzene rings is 1. The van der Waals surface area contributed by atoms with Gasteiger partial charge >= 0.3 is 5.97 Å². The summed E-state index contributed by atoms with van der Waals surface area (Å²) < 4.78 is 5.19. The van der Waals surface area contributed by atoms with E-state index in [-0.39, 0.29) is 11.9 Å². The highest BCUT2D eigenvalue weighted by molar-refractivity contribution is 7.11. The van der Waals surface area contributed by atoms with E-state index in [1.165, 1.54) is 10.4 Å². The quantitative estimate of drug-likeness (QED) is 0.808. The van der Waals surface area contributed by atoms with Crippen LogP contribution in [0.2, 0.25) is 0 Å². The van der Waals surface area contributed by atoms with Crippen LogP contribution < -0.4 is 0 Å². The smallest absolute Gasteiger partial charge is 0.315 e. The average Bonchev–Trinajstić information content (AvgIpc) is 2.90. The van der Waals surface area contributed by atoms with Crippen molar-refractivity contribution in [2.24, 2.45) is 0 Å². The molecular weight excluding hydrogens is 282 g/mol. The fraction of sp³-hybridized carbons (Fsp3) is 0.412. The van der Waals surface area contributed by atoms with E-state index in [0.29, 0.717) is 6.61 Å². The Balaban J connectivity index is 1.82. The third-order valence-electron chi connectivity index (χ3n) is 3.77. The minimum absolute atomic E-state index is 0.116. The van der Waals surface area contributed by atoms with E-state index in [2.05, 4.69) is 12.1 Å². The van der Waals surface area contributed by atoms with Gasteiger partial charge in [-0.2, -0.15) is 0 Å². The molecule has 0 fully saturated rings. The van der Waals surface area contributed by atoms with Crippen LogP contribution >= 0.6 is 11.3 Å². The highest BCUT2D eigenvalue weighted by atomic mass is 32.1. The number of carbonyl (C=O) groups excluding carboxylic acids is 1. The molecule has 0 amide bonds. The minimum atomic E-state index is -0.158. The lowest BCUT2D eigenvalue weighted by atomic mass is 9.91. The number of aryl methyl sites for hydroxylation is 1. The van der Waals surface area contributed by atoms with Gasteiger partial charge in [-0.15, -0.1) is 11.3 Å². The standard InChI is InChI=1S/C17H19NO2S/c1-2-20-17(19)13-9-6-10-14-16(13)18-15(21-14)11-12-7-4-3-5-8-12/h3-5,7-8,13H,2,6,9-11H2,1H3. The van der Waals surface area contributed by atoms with Crippen molar-refractivity contribution < 1.29 is 9.53 Å². The molecule has 1 unspecified atom stereocenters. The number of fused-ring (bicyclic) bond motifs is 1. The minimum Gasteiger partial charge on any atom is -0.465 e. The number of thiazole rings is 1. The van der Waals surface area contributed by atoms with Gasteiger partial charge in [-0.1, -0.05) is 30.3 Å². The first kappa shape index (κ1) is 14.3. The van der Waals surface area contributed by atoms with Crippen LogP contribution in [0.25, 0.3) is 0 Å². The second-order valence-electron chi connectivity index (χ2n) is 5.28. The zero-order valence-corrected chi connectivity index (χ0v) is 13.0. The van der Waals surface area contributed by atoms with Gasteiger partial charge in [0, 0.05) is 11.3 Å². The van der Waals surface area contributed by atoms with Crippen molar-refractivity contribution in [3.63, 3.8) is 0 Å². The summed E-state index contributed by atoms with van der Waals surface area (Å²) in [5.41, 5.74) is 2.23. The largest absolute Gasteiger partial charge is 0.465 e. The van der Waals surface area contributed by atoms with E-state index >= 15 is 0 Å². The molecule has 3 rings (SSSR count). The zero-order valence-electron chi connectivity index (χ0n) is 12.2. The molecule has 1 aromatic carbocycles. The number of hydrogen-bond donors (Lipinski definition) is 0. The molecule has 0 saturated heterocycles. The van der Waals surface area contributed by atoms with Crippen LogP contribution in [0.1, 0.15) is 46.8 Å². The van der Waals surface area contributed by atoms with Crippen LogP contribution in [0, 0.1) is 0 Å². The summed E-state index contributed by atoms with van der Waals surface area (Å²) >= 11 is 1.75. The third kappa shape index (κ3) is 3.16. The average molecular weight is 301 g/mol. The second kappa shape index (κ2) is 6.39. The normalized spacial score (nSPS) is 17.3. The molecule has 0 aliphatic heterocycles. The van der Waals surface area contributed by atoms with Crippen molar-refractivity contribution in [2.75, 3.05) is 6.61 Å². The number of hydrogen-bond acceptors (Lipinski definition) is 4. The van der Waals surface area contributed by atoms with Crippen molar-refractivity contribution in [1.29, 1.82) is 0 Å². The monoisotopic (exact) mass is 301 g/mol. The summed E-state index contributed by atoms with van der Waals surface area (Å²) in [5.74, 6) is -0.274. The molecule has 0 saturated carbocycles. The van der Waals surface area contributed by atoms with Crippen LogP contribution in [0.5, 0.6) is 0 Å². The molecule has 0 spiro atoms. The Hall–Kier alpha value is -1.68. The number of carbonyl (C=O) groups is 1. The molecular formula is C17H19NO2S. The van der Waals surface area contributed by atoms with Crippen molar-refractivity contribution in [3.05, 3.63) is 51.5 Å². The Morgan fingerprint density at radius 2 is 2.19 bits per heavy atom. The van der Waals surface area contributed by atoms with Gasteiger partial charge < -0.3 is 4.74 Å². The highest BCUT2D eigenvalue weighted by Crippen LogP contribution is 2.36. The number of nitrogens with zero attached hydrogens (tertiary/aromatic N) is 1. The van der Waals surface area contributed by atoms with E-state index in [1.54, 1.807) is 11.3 Å². The third-order valence-corrected chi connectivity index (χ3v) is 4.90. The maximum absolute atomic E-state index is 12.1. The van der Waals surface area contributed by atoms with Crippen molar-refractivity contribution >= 4 is 17.3 Å². The van der Waals surface area contributed by atoms with Crippen molar-refractivity contribution in [2.45, 2.75) is 38.5 Å². The number of esters is 1. The summed E-state index contributed by atoms with van der Waals surface area (Å²) in [4.78, 5) is 18.1. The van der Waals surface area contributed by atoms with E-state index in [1.807, 2.05) is 25.1 Å². The Labute approximate surface area is 129 Å². The summed E-state index contributed by atoms with van der Waals surface area (Å²) in [6, 6.07) is 10.3. The Bertz CT molecular complexity index is 621. The molecule has 0 bridgehead atoms. The first-order chi connectivity index (χ1) is 10.3. The van der Waals surface area contributed by atoms with Crippen LogP contribution in [-0.2, 0) is 22.4 Å². The predicted octanol–water partition coefficient (Wildman–Crippen LogP) is 3.72. The van der Waals surface area contributed by atoms with Gasteiger partial charge in [-0.25, -0.2) is 4.98 Å². The lowest BCUT2D eigenvalue weighted by molar-refractivity contribution is -0.145. The van der Waals surface area contributed by atoms with Crippen LogP contribution in [0.4, 0.5) is 0 Å². The highest BCUT2D eigenvalue weighted by Gasteiger charge is 2.31. The van der Waals surface area contributed by atoms with E-state index < -0.39 is 0 Å². The topological polar surface area (TPSA) is 39.2 Å². The van der Waals surface area contributed by atoms with Crippen LogP contribution in [-0.4, -0.2) is 17.6 Å². The summed E-state index contributed by atoms with van der Waals surface area (Å²) in [7, 11) is 0. The summed E-state index contributed by atoms with van der Waals surface area (Å²) in [6.07, 6.45) is 3.79. The van der Waals surface area contributed by atoms with Gasteiger partial charge in [0.05, 0.1) is 17.3 Å².